The Labute approximate surface area is 268 Å². The molecule has 0 spiro atoms. The van der Waals surface area contributed by atoms with Gasteiger partial charge >= 0.3 is 12.1 Å². The summed E-state index contributed by atoms with van der Waals surface area (Å²) >= 11 is 1.67. The lowest BCUT2D eigenvalue weighted by atomic mass is 9.86. The Hall–Kier alpha value is -2.75. The van der Waals surface area contributed by atoms with Gasteiger partial charge in [-0.3, -0.25) is 9.69 Å². The van der Waals surface area contributed by atoms with Crippen LogP contribution in [0.2, 0.25) is 0 Å². The minimum absolute atomic E-state index is 0.315. The summed E-state index contributed by atoms with van der Waals surface area (Å²) in [6, 6.07) is 13.9. The van der Waals surface area contributed by atoms with Gasteiger partial charge in [0.1, 0.15) is 6.04 Å². The first-order valence-corrected chi connectivity index (χ1v) is 17.3. The van der Waals surface area contributed by atoms with E-state index in [1.165, 1.54) is 28.1 Å². The van der Waals surface area contributed by atoms with Gasteiger partial charge in [-0.05, 0) is 80.6 Å². The Balaban J connectivity index is 1.11. The van der Waals surface area contributed by atoms with Crippen molar-refractivity contribution in [2.75, 3.05) is 32.7 Å². The zero-order valence-corrected chi connectivity index (χ0v) is 27.0. The molecule has 1 N–H and O–H groups in total. The molecule has 6 rings (SSSR count). The van der Waals surface area contributed by atoms with Crippen molar-refractivity contribution < 1.29 is 23.1 Å². The van der Waals surface area contributed by atoms with Gasteiger partial charge in [0, 0.05) is 36.9 Å². The number of carboxylic acid groups (broad SMARTS) is 1. The van der Waals surface area contributed by atoms with Crippen molar-refractivity contribution in [1.82, 2.24) is 14.8 Å². The van der Waals surface area contributed by atoms with E-state index in [-0.39, 0.29) is 0 Å². The maximum atomic E-state index is 13.2. The van der Waals surface area contributed by atoms with Crippen LogP contribution < -0.4 is 0 Å². The third kappa shape index (κ3) is 7.80. The van der Waals surface area contributed by atoms with Crippen LogP contribution in [-0.4, -0.2) is 64.6 Å². The van der Waals surface area contributed by atoms with Gasteiger partial charge in [0.2, 0.25) is 0 Å². The van der Waals surface area contributed by atoms with E-state index < -0.39 is 23.8 Å². The van der Waals surface area contributed by atoms with Crippen LogP contribution in [0.5, 0.6) is 0 Å². The number of piperidine rings is 1. The molecule has 9 heteroatoms. The second-order valence-corrected chi connectivity index (χ2v) is 14.6. The number of hydrogen-bond acceptors (Lipinski definition) is 5. The summed E-state index contributed by atoms with van der Waals surface area (Å²) in [7, 11) is 0. The summed E-state index contributed by atoms with van der Waals surface area (Å²) in [5.74, 6) is 0.974. The number of benzene rings is 2. The van der Waals surface area contributed by atoms with Crippen molar-refractivity contribution in [2.45, 2.75) is 82.8 Å². The molecule has 0 bridgehead atoms. The third-order valence-corrected chi connectivity index (χ3v) is 11.3. The van der Waals surface area contributed by atoms with E-state index in [1.54, 1.807) is 17.4 Å². The Kier molecular flexibility index (Phi) is 9.69. The molecule has 3 atom stereocenters. The van der Waals surface area contributed by atoms with Gasteiger partial charge in [-0.25, -0.2) is 4.98 Å². The van der Waals surface area contributed by atoms with Gasteiger partial charge in [0.05, 0.1) is 16.3 Å². The highest BCUT2D eigenvalue weighted by atomic mass is 32.1. The van der Waals surface area contributed by atoms with Crippen LogP contribution in [0.4, 0.5) is 13.2 Å². The summed E-state index contributed by atoms with van der Waals surface area (Å²) < 4.78 is 39.7. The summed E-state index contributed by atoms with van der Waals surface area (Å²) in [4.78, 5) is 23.3. The topological polar surface area (TPSA) is 56.7 Å². The van der Waals surface area contributed by atoms with Crippen molar-refractivity contribution in [1.29, 1.82) is 0 Å². The largest absolute Gasteiger partial charge is 0.480 e. The van der Waals surface area contributed by atoms with Crippen LogP contribution in [-0.2, 0) is 23.8 Å². The van der Waals surface area contributed by atoms with E-state index >= 15 is 0 Å². The zero-order chi connectivity index (χ0) is 31.7. The van der Waals surface area contributed by atoms with Crippen LogP contribution in [0.25, 0.3) is 0 Å². The average Bonchev–Trinajstić information content (AvgIpc) is 3.60. The van der Waals surface area contributed by atoms with Gasteiger partial charge in [0.25, 0.3) is 0 Å². The number of aryl methyl sites for hydroxylation is 2. The number of nitrogens with zero attached hydrogens (tertiary/aromatic N) is 3. The SMILES string of the molecule is CCc1nc(Cc2cccc(C(F)(F)F)c2)sc1C1CCN(CC2CN(C(CC3CC3)C(=O)O)CC2c2cccc(C)c2)CC1. The molecule has 1 aromatic heterocycles. The molecule has 0 amide bonds. The maximum Gasteiger partial charge on any atom is 0.416 e. The Bertz CT molecular complexity index is 1480. The molecule has 3 heterocycles. The van der Waals surface area contributed by atoms with Crippen LogP contribution in [0, 0.1) is 18.8 Å². The summed E-state index contributed by atoms with van der Waals surface area (Å²) in [5.41, 5.74) is 3.66. The molecule has 1 aliphatic carbocycles. The van der Waals surface area contributed by atoms with Crippen LogP contribution in [0.15, 0.2) is 48.5 Å². The highest BCUT2D eigenvalue weighted by molar-refractivity contribution is 7.11. The lowest BCUT2D eigenvalue weighted by Crippen LogP contribution is -2.41. The second-order valence-electron chi connectivity index (χ2n) is 13.5. The fraction of sp³-hybridized carbons (Fsp3) is 0.556. The number of likely N-dealkylation sites (tertiary alicyclic amines) is 2. The number of carboxylic acids is 1. The Morgan fingerprint density at radius 3 is 2.49 bits per heavy atom. The molecule has 1 saturated carbocycles. The Morgan fingerprint density at radius 1 is 1.07 bits per heavy atom. The normalized spacial score (nSPS) is 22.6. The van der Waals surface area contributed by atoms with Crippen molar-refractivity contribution in [3.05, 3.63) is 86.4 Å². The maximum absolute atomic E-state index is 13.2. The fourth-order valence-corrected chi connectivity index (χ4v) is 8.86. The lowest BCUT2D eigenvalue weighted by Gasteiger charge is -2.34. The number of halogens is 3. The summed E-state index contributed by atoms with van der Waals surface area (Å²) in [6.45, 7) is 8.76. The number of rotatable bonds is 11. The van der Waals surface area contributed by atoms with Crippen molar-refractivity contribution >= 4 is 17.3 Å². The van der Waals surface area contributed by atoms with E-state index in [0.717, 1.165) is 88.0 Å². The summed E-state index contributed by atoms with van der Waals surface area (Å²) in [5, 5.41) is 11.0. The van der Waals surface area contributed by atoms with E-state index in [4.69, 9.17) is 4.98 Å². The van der Waals surface area contributed by atoms with E-state index in [1.807, 2.05) is 0 Å². The molecule has 2 aliphatic heterocycles. The highest BCUT2D eigenvalue weighted by Gasteiger charge is 2.42. The number of carbonyl (C=O) groups is 1. The minimum atomic E-state index is -4.35. The van der Waals surface area contributed by atoms with Crippen molar-refractivity contribution in [3.8, 4) is 0 Å². The number of alkyl halides is 3. The molecular formula is C36H44F3N3O2S. The first-order valence-electron chi connectivity index (χ1n) is 16.5. The van der Waals surface area contributed by atoms with Gasteiger partial charge < -0.3 is 10.0 Å². The van der Waals surface area contributed by atoms with Crippen molar-refractivity contribution in [3.63, 3.8) is 0 Å². The molecule has 0 radical (unpaired) electrons. The molecule has 3 aliphatic rings. The molecule has 242 valence electrons. The van der Waals surface area contributed by atoms with E-state index in [2.05, 4.69) is 47.9 Å². The predicted octanol–water partition coefficient (Wildman–Crippen LogP) is 7.77. The van der Waals surface area contributed by atoms with E-state index in [0.29, 0.717) is 35.7 Å². The highest BCUT2D eigenvalue weighted by Crippen LogP contribution is 2.41. The van der Waals surface area contributed by atoms with Gasteiger partial charge in [-0.2, -0.15) is 13.2 Å². The molecular weight excluding hydrogens is 595 g/mol. The molecule has 3 aromatic rings. The lowest BCUT2D eigenvalue weighted by molar-refractivity contribution is -0.143. The number of thiazole rings is 1. The first kappa shape index (κ1) is 32.2. The Morgan fingerprint density at radius 2 is 1.82 bits per heavy atom. The zero-order valence-electron chi connectivity index (χ0n) is 26.2. The molecule has 5 nitrogen and oxygen atoms in total. The molecule has 2 saturated heterocycles. The van der Waals surface area contributed by atoms with Crippen LogP contribution >= 0.6 is 11.3 Å². The first-order chi connectivity index (χ1) is 21.6. The van der Waals surface area contributed by atoms with Gasteiger partial charge in [-0.15, -0.1) is 11.3 Å². The predicted molar refractivity (Wildman–Crippen MR) is 172 cm³/mol. The number of aliphatic carboxylic acids is 1. The molecule has 3 unspecified atom stereocenters. The fourth-order valence-electron chi connectivity index (χ4n) is 7.50. The molecule has 45 heavy (non-hydrogen) atoms. The average molecular weight is 640 g/mol. The van der Waals surface area contributed by atoms with E-state index in [9.17, 15) is 23.1 Å². The second kappa shape index (κ2) is 13.5. The number of hydrogen-bond donors (Lipinski definition) is 1. The van der Waals surface area contributed by atoms with Gasteiger partial charge in [-0.1, -0.05) is 67.8 Å². The molecule has 2 aromatic carbocycles. The van der Waals surface area contributed by atoms with Crippen LogP contribution in [0.3, 0.4) is 0 Å². The summed E-state index contributed by atoms with van der Waals surface area (Å²) in [6.07, 6.45) is 2.02. The van der Waals surface area contributed by atoms with Gasteiger partial charge in [0.15, 0.2) is 0 Å². The van der Waals surface area contributed by atoms with Crippen molar-refractivity contribution in [2.24, 2.45) is 11.8 Å². The molecule has 3 fully saturated rings. The minimum Gasteiger partial charge on any atom is -0.480 e. The number of aromatic nitrogens is 1. The third-order valence-electron chi connectivity index (χ3n) is 10.1. The van der Waals surface area contributed by atoms with Crippen LogP contribution in [0.1, 0.15) is 88.7 Å². The smallest absolute Gasteiger partial charge is 0.416 e. The monoisotopic (exact) mass is 639 g/mol. The quantitative estimate of drug-likeness (QED) is 0.232. The standard InChI is InChI=1S/C36H44F3N3O2S/c1-3-31-34(45-33(40-31)19-25-7-5-9-29(17-25)36(37,38)39)26-12-14-41(15-13-26)20-28-21-42(32(35(43)44)18-24-10-11-24)22-30(28)27-8-4-6-23(2)16-27/h4-9,16-17,24,26,28,30,32H,3,10-15,18-22H2,1-2H3,(H,43,44).